The van der Waals surface area contributed by atoms with Gasteiger partial charge in [-0.3, -0.25) is 10.1 Å². The lowest BCUT2D eigenvalue weighted by Gasteiger charge is -2.16. The highest BCUT2D eigenvalue weighted by Crippen LogP contribution is 2.13. The summed E-state index contributed by atoms with van der Waals surface area (Å²) in [5, 5.41) is 6.39. The fourth-order valence-electron chi connectivity index (χ4n) is 2.07. The Hall–Kier alpha value is -2.87. The molecule has 0 aliphatic rings. The molecule has 8 heteroatoms. The number of esters is 1. The molecular weight excluding hydrogens is 356 g/mol. The van der Waals surface area contributed by atoms with Crippen LogP contribution in [0.5, 0.6) is 0 Å². The number of ether oxygens (including phenoxy) is 2. The summed E-state index contributed by atoms with van der Waals surface area (Å²) < 4.78 is 9.84. The summed E-state index contributed by atoms with van der Waals surface area (Å²) in [7, 11) is 1.65. The molecule has 0 saturated heterocycles. The van der Waals surface area contributed by atoms with Crippen LogP contribution >= 0.6 is 11.3 Å². The summed E-state index contributed by atoms with van der Waals surface area (Å²) in [6.45, 7) is 2.04. The van der Waals surface area contributed by atoms with E-state index in [1.54, 1.807) is 37.4 Å². The predicted molar refractivity (Wildman–Crippen MR) is 98.2 cm³/mol. The van der Waals surface area contributed by atoms with Crippen molar-refractivity contribution in [3.05, 3.63) is 52.2 Å². The van der Waals surface area contributed by atoms with E-state index in [4.69, 9.17) is 9.47 Å². The summed E-state index contributed by atoms with van der Waals surface area (Å²) in [6, 6.07) is 8.15. The van der Waals surface area contributed by atoms with Gasteiger partial charge in [0.15, 0.2) is 6.61 Å². The normalized spacial score (nSPS) is 10.1. The van der Waals surface area contributed by atoms with Gasteiger partial charge >= 0.3 is 12.1 Å². The topological polar surface area (TPSA) is 84.9 Å². The number of carbonyl (C=O) groups is 3. The number of nitrogens with zero attached hydrogens (tertiary/aromatic N) is 1. The molecule has 2 amide bonds. The summed E-state index contributed by atoms with van der Waals surface area (Å²) in [5.74, 6) is -0.944. The second kappa shape index (κ2) is 9.57. The summed E-state index contributed by atoms with van der Waals surface area (Å²) in [4.78, 5) is 37.1. The first-order valence-electron chi connectivity index (χ1n) is 7.95. The van der Waals surface area contributed by atoms with E-state index in [-0.39, 0.29) is 24.7 Å². The van der Waals surface area contributed by atoms with E-state index >= 15 is 0 Å². The minimum atomic E-state index is -0.644. The molecule has 7 nitrogen and oxygen atoms in total. The number of carbonyl (C=O) groups excluding carboxylic acids is 3. The molecular formula is C18H20N2O5S. The summed E-state index contributed by atoms with van der Waals surface area (Å²) in [5.41, 5.74) is 1.65. The third-order valence-electron chi connectivity index (χ3n) is 3.37. The van der Waals surface area contributed by atoms with Crippen molar-refractivity contribution in [3.8, 4) is 0 Å². The minimum absolute atomic E-state index is 0.229. The molecule has 0 aliphatic carbocycles. The van der Waals surface area contributed by atoms with E-state index in [1.807, 2.05) is 16.8 Å². The van der Waals surface area contributed by atoms with Crippen LogP contribution in [0.2, 0.25) is 0 Å². The van der Waals surface area contributed by atoms with Gasteiger partial charge in [0.25, 0.3) is 5.91 Å². The molecule has 1 N–H and O–H groups in total. The van der Waals surface area contributed by atoms with Gasteiger partial charge in [0.05, 0.1) is 12.2 Å². The SMILES string of the molecule is CCOC(=O)Nc1cccc(C(=O)OCC(=O)N(C)Cc2ccsc2)c1. The molecule has 138 valence electrons. The number of nitrogens with one attached hydrogen (secondary N) is 1. The monoisotopic (exact) mass is 376 g/mol. The number of rotatable bonds is 7. The number of thiophene rings is 1. The minimum Gasteiger partial charge on any atom is -0.452 e. The molecule has 0 fully saturated rings. The number of likely N-dealkylation sites (N-methyl/N-ethyl adjacent to an activating group) is 1. The molecule has 1 aromatic heterocycles. The number of anilines is 1. The largest absolute Gasteiger partial charge is 0.452 e. The second-order valence-corrected chi connectivity index (χ2v) is 6.16. The Morgan fingerprint density at radius 3 is 2.69 bits per heavy atom. The third kappa shape index (κ3) is 5.89. The van der Waals surface area contributed by atoms with Crippen LogP contribution in [0, 0.1) is 0 Å². The zero-order valence-corrected chi connectivity index (χ0v) is 15.4. The van der Waals surface area contributed by atoms with Crippen molar-refractivity contribution < 1.29 is 23.9 Å². The van der Waals surface area contributed by atoms with Gasteiger partial charge in [-0.15, -0.1) is 0 Å². The molecule has 2 rings (SSSR count). The van der Waals surface area contributed by atoms with Crippen molar-refractivity contribution in [2.45, 2.75) is 13.5 Å². The van der Waals surface area contributed by atoms with Crippen LogP contribution in [-0.2, 0) is 20.8 Å². The van der Waals surface area contributed by atoms with Gasteiger partial charge in [0.1, 0.15) is 0 Å². The predicted octanol–water partition coefficient (Wildman–Crippen LogP) is 3.13. The van der Waals surface area contributed by atoms with E-state index in [0.717, 1.165) is 5.56 Å². The molecule has 0 radical (unpaired) electrons. The van der Waals surface area contributed by atoms with Gasteiger partial charge in [0, 0.05) is 19.3 Å². The lowest BCUT2D eigenvalue weighted by Crippen LogP contribution is -2.30. The zero-order valence-electron chi connectivity index (χ0n) is 14.6. The van der Waals surface area contributed by atoms with Gasteiger partial charge in [-0.25, -0.2) is 9.59 Å². The Balaban J connectivity index is 1.87. The maximum absolute atomic E-state index is 12.1. The zero-order chi connectivity index (χ0) is 18.9. The molecule has 0 bridgehead atoms. The van der Waals surface area contributed by atoms with Crippen molar-refractivity contribution in [3.63, 3.8) is 0 Å². The van der Waals surface area contributed by atoms with Crippen LogP contribution < -0.4 is 5.32 Å². The van der Waals surface area contributed by atoms with Crippen molar-refractivity contribution in [2.24, 2.45) is 0 Å². The van der Waals surface area contributed by atoms with Crippen LogP contribution in [0.3, 0.4) is 0 Å². The van der Waals surface area contributed by atoms with Gasteiger partial charge in [-0.05, 0) is 47.5 Å². The number of amides is 2. The number of hydrogen-bond acceptors (Lipinski definition) is 6. The Kier molecular flexibility index (Phi) is 7.16. The molecule has 0 aliphatic heterocycles. The molecule has 0 saturated carbocycles. The van der Waals surface area contributed by atoms with E-state index in [2.05, 4.69) is 5.32 Å². The van der Waals surface area contributed by atoms with Gasteiger partial charge < -0.3 is 14.4 Å². The fourth-order valence-corrected chi connectivity index (χ4v) is 2.73. The average molecular weight is 376 g/mol. The lowest BCUT2D eigenvalue weighted by atomic mass is 10.2. The first-order chi connectivity index (χ1) is 12.5. The van der Waals surface area contributed by atoms with E-state index < -0.39 is 12.1 Å². The highest BCUT2D eigenvalue weighted by Gasteiger charge is 2.15. The first-order valence-corrected chi connectivity index (χ1v) is 8.90. The van der Waals surface area contributed by atoms with Crippen molar-refractivity contribution in [1.29, 1.82) is 0 Å². The first kappa shape index (κ1) is 19.5. The van der Waals surface area contributed by atoms with Gasteiger partial charge in [0.2, 0.25) is 0 Å². The van der Waals surface area contributed by atoms with E-state index in [9.17, 15) is 14.4 Å². The second-order valence-electron chi connectivity index (χ2n) is 5.38. The average Bonchev–Trinajstić information content (AvgIpc) is 3.12. The van der Waals surface area contributed by atoms with Crippen LogP contribution in [0.15, 0.2) is 41.1 Å². The van der Waals surface area contributed by atoms with Crippen LogP contribution in [-0.4, -0.2) is 43.1 Å². The van der Waals surface area contributed by atoms with Crippen LogP contribution in [0.4, 0.5) is 10.5 Å². The van der Waals surface area contributed by atoms with Crippen molar-refractivity contribution >= 4 is 35.0 Å². The smallest absolute Gasteiger partial charge is 0.411 e. The number of hydrogen-bond donors (Lipinski definition) is 1. The molecule has 26 heavy (non-hydrogen) atoms. The molecule has 1 heterocycles. The Morgan fingerprint density at radius 2 is 2.00 bits per heavy atom. The molecule has 0 unspecified atom stereocenters. The van der Waals surface area contributed by atoms with Crippen LogP contribution in [0.1, 0.15) is 22.8 Å². The third-order valence-corrected chi connectivity index (χ3v) is 4.10. The standard InChI is InChI=1S/C18H20N2O5S/c1-3-24-18(23)19-15-6-4-5-14(9-15)17(22)25-11-16(21)20(2)10-13-7-8-26-12-13/h4-9,12H,3,10-11H2,1-2H3,(H,19,23). The number of benzene rings is 1. The molecule has 2 aromatic rings. The Labute approximate surface area is 155 Å². The van der Waals surface area contributed by atoms with Crippen molar-refractivity contribution in [1.82, 2.24) is 4.90 Å². The highest BCUT2D eigenvalue weighted by molar-refractivity contribution is 7.07. The van der Waals surface area contributed by atoms with Gasteiger partial charge in [-0.2, -0.15) is 11.3 Å². The summed E-state index contributed by atoms with van der Waals surface area (Å²) >= 11 is 1.56. The molecule has 1 aromatic carbocycles. The summed E-state index contributed by atoms with van der Waals surface area (Å²) in [6.07, 6.45) is -0.608. The lowest BCUT2D eigenvalue weighted by molar-refractivity contribution is -0.133. The van der Waals surface area contributed by atoms with E-state index in [0.29, 0.717) is 12.2 Å². The van der Waals surface area contributed by atoms with E-state index in [1.165, 1.54) is 17.0 Å². The quantitative estimate of drug-likeness (QED) is 0.751. The highest BCUT2D eigenvalue weighted by atomic mass is 32.1. The van der Waals surface area contributed by atoms with Gasteiger partial charge in [-0.1, -0.05) is 6.07 Å². The Morgan fingerprint density at radius 1 is 1.19 bits per heavy atom. The van der Waals surface area contributed by atoms with Crippen molar-refractivity contribution in [2.75, 3.05) is 25.6 Å². The molecule has 0 atom stereocenters. The maximum atomic E-state index is 12.1. The van der Waals surface area contributed by atoms with Crippen LogP contribution in [0.25, 0.3) is 0 Å². The maximum Gasteiger partial charge on any atom is 0.411 e. The molecule has 0 spiro atoms. The fraction of sp³-hybridized carbons (Fsp3) is 0.278. The Bertz CT molecular complexity index is 761.